The predicted molar refractivity (Wildman–Crippen MR) is 76.9 cm³/mol. The zero-order valence-corrected chi connectivity index (χ0v) is 13.3. The summed E-state index contributed by atoms with van der Waals surface area (Å²) in [6.45, 7) is 9.21. The van der Waals surface area contributed by atoms with Crippen LogP contribution in [-0.4, -0.2) is 23.9 Å². The number of rotatable bonds is 1. The number of ether oxygens (including phenoxy) is 1. The van der Waals surface area contributed by atoms with Crippen molar-refractivity contribution in [3.63, 3.8) is 0 Å². The van der Waals surface area contributed by atoms with E-state index >= 15 is 0 Å². The van der Waals surface area contributed by atoms with Crippen molar-refractivity contribution in [2.24, 2.45) is 22.2 Å². The minimum Gasteiger partial charge on any atom is -0.390 e. The van der Waals surface area contributed by atoms with Gasteiger partial charge in [0.15, 0.2) is 0 Å². The van der Waals surface area contributed by atoms with Gasteiger partial charge in [-0.15, -0.1) is 0 Å². The van der Waals surface area contributed by atoms with E-state index in [4.69, 9.17) is 4.74 Å². The first-order valence-corrected chi connectivity index (χ1v) is 7.92. The van der Waals surface area contributed by atoms with Crippen LogP contribution in [0.5, 0.6) is 0 Å². The van der Waals surface area contributed by atoms with Crippen LogP contribution in [0, 0.1) is 22.2 Å². The van der Waals surface area contributed by atoms with Crippen LogP contribution in [0.15, 0.2) is 0 Å². The minimum absolute atomic E-state index is 0.0823. The first-order chi connectivity index (χ1) is 8.67. The molecule has 110 valence electrons. The molecule has 2 bridgehead atoms. The smallest absolute Gasteiger partial charge is 0.0673 e. The predicted octanol–water partition coefficient (Wildman–Crippen LogP) is 3.77. The molecule has 2 heteroatoms. The van der Waals surface area contributed by atoms with Gasteiger partial charge >= 0.3 is 0 Å². The minimum atomic E-state index is -0.492. The van der Waals surface area contributed by atoms with Gasteiger partial charge in [-0.05, 0) is 62.2 Å². The van der Waals surface area contributed by atoms with Crippen LogP contribution in [0.1, 0.15) is 66.2 Å². The number of methoxy groups -OCH3 is 1. The molecule has 19 heavy (non-hydrogen) atoms. The molecule has 3 saturated carbocycles. The van der Waals surface area contributed by atoms with E-state index in [0.29, 0.717) is 16.9 Å². The largest absolute Gasteiger partial charge is 0.390 e. The molecular formula is C17H30O2. The number of aliphatic hydroxyl groups is 1. The van der Waals surface area contributed by atoms with E-state index in [1.165, 1.54) is 19.3 Å². The van der Waals surface area contributed by atoms with Crippen molar-refractivity contribution < 1.29 is 9.84 Å². The molecule has 3 fully saturated rings. The Morgan fingerprint density at radius 2 is 1.74 bits per heavy atom. The standard InChI is InChI=1S/C17H30O2/c1-14(2)10-13(19-5)17-9-8-16(4,18)15(3,11-17)7-6-12(14)17/h12-13,18H,6-11H2,1-5H3/t12-,13-,15+,16+,17-/m0/s1. The molecule has 0 aromatic heterocycles. The molecule has 3 rings (SSSR count). The quantitative estimate of drug-likeness (QED) is 0.783. The van der Waals surface area contributed by atoms with E-state index in [1.54, 1.807) is 0 Å². The van der Waals surface area contributed by atoms with Crippen LogP contribution in [0.25, 0.3) is 0 Å². The normalized spacial score (nSPS) is 55.9. The summed E-state index contributed by atoms with van der Waals surface area (Å²) in [6, 6.07) is 0. The second-order valence-electron chi connectivity index (χ2n) is 8.75. The SMILES string of the molecule is CO[C@H]1CC(C)(C)[C@@H]2CC[C@]3(C)C[C@]12CC[C@@]3(C)O. The second-order valence-corrected chi connectivity index (χ2v) is 8.75. The monoisotopic (exact) mass is 266 g/mol. The van der Waals surface area contributed by atoms with Crippen LogP contribution in [0.4, 0.5) is 0 Å². The Morgan fingerprint density at radius 1 is 1.05 bits per heavy atom. The third kappa shape index (κ3) is 1.62. The fraction of sp³-hybridized carbons (Fsp3) is 1.00. The average Bonchev–Trinajstić information content (AvgIpc) is 2.53. The summed E-state index contributed by atoms with van der Waals surface area (Å²) in [5.41, 5.74) is 0.311. The molecule has 5 atom stereocenters. The molecule has 1 N–H and O–H groups in total. The van der Waals surface area contributed by atoms with Crippen LogP contribution in [-0.2, 0) is 4.74 Å². The molecule has 0 saturated heterocycles. The van der Waals surface area contributed by atoms with Gasteiger partial charge in [0.05, 0.1) is 11.7 Å². The molecule has 0 radical (unpaired) electrons. The lowest BCUT2D eigenvalue weighted by Crippen LogP contribution is -2.59. The molecule has 0 aromatic rings. The van der Waals surface area contributed by atoms with Gasteiger partial charge in [-0.25, -0.2) is 0 Å². The Hall–Kier alpha value is -0.0800. The van der Waals surface area contributed by atoms with E-state index < -0.39 is 5.60 Å². The number of fused-ring (bicyclic) bond motifs is 1. The van der Waals surface area contributed by atoms with E-state index in [9.17, 15) is 5.11 Å². The van der Waals surface area contributed by atoms with E-state index in [-0.39, 0.29) is 5.41 Å². The van der Waals surface area contributed by atoms with Crippen molar-refractivity contribution in [2.45, 2.75) is 77.9 Å². The first kappa shape index (κ1) is 13.9. The number of hydrogen-bond acceptors (Lipinski definition) is 2. The van der Waals surface area contributed by atoms with Crippen molar-refractivity contribution in [2.75, 3.05) is 7.11 Å². The molecule has 3 aliphatic carbocycles. The fourth-order valence-corrected chi connectivity index (χ4v) is 6.00. The highest BCUT2D eigenvalue weighted by Gasteiger charge is 2.67. The summed E-state index contributed by atoms with van der Waals surface area (Å²) in [7, 11) is 1.89. The molecule has 0 aromatic carbocycles. The molecule has 1 spiro atoms. The van der Waals surface area contributed by atoms with Gasteiger partial charge in [0.1, 0.15) is 0 Å². The highest BCUT2D eigenvalue weighted by Crippen LogP contribution is 2.70. The Morgan fingerprint density at radius 3 is 2.37 bits per heavy atom. The number of hydrogen-bond donors (Lipinski definition) is 1. The van der Waals surface area contributed by atoms with Crippen molar-refractivity contribution in [3.8, 4) is 0 Å². The summed E-state index contributed by atoms with van der Waals surface area (Å²) in [5.74, 6) is 0.772. The Labute approximate surface area is 117 Å². The summed E-state index contributed by atoms with van der Waals surface area (Å²) in [5, 5.41) is 10.8. The lowest BCUT2D eigenvalue weighted by atomic mass is 9.46. The summed E-state index contributed by atoms with van der Waals surface area (Å²) >= 11 is 0. The average molecular weight is 266 g/mol. The third-order valence-corrected chi connectivity index (χ3v) is 7.36. The zero-order valence-electron chi connectivity index (χ0n) is 13.3. The molecule has 0 aliphatic heterocycles. The molecule has 2 nitrogen and oxygen atoms in total. The van der Waals surface area contributed by atoms with Gasteiger partial charge in [-0.2, -0.15) is 0 Å². The maximum absolute atomic E-state index is 10.8. The van der Waals surface area contributed by atoms with Crippen molar-refractivity contribution >= 4 is 0 Å². The summed E-state index contributed by atoms with van der Waals surface area (Å²) in [6.07, 6.45) is 7.25. The van der Waals surface area contributed by atoms with Crippen LogP contribution in [0.3, 0.4) is 0 Å². The van der Waals surface area contributed by atoms with Gasteiger partial charge in [-0.3, -0.25) is 0 Å². The van der Waals surface area contributed by atoms with Gasteiger partial charge in [0.2, 0.25) is 0 Å². The molecule has 3 aliphatic rings. The van der Waals surface area contributed by atoms with E-state index in [1.807, 2.05) is 7.11 Å². The van der Waals surface area contributed by atoms with Gasteiger partial charge in [0, 0.05) is 12.5 Å². The fourth-order valence-electron chi connectivity index (χ4n) is 6.00. The van der Waals surface area contributed by atoms with Crippen LogP contribution < -0.4 is 0 Å². The van der Waals surface area contributed by atoms with E-state index in [0.717, 1.165) is 25.2 Å². The molecule has 0 amide bonds. The van der Waals surface area contributed by atoms with Crippen molar-refractivity contribution in [3.05, 3.63) is 0 Å². The topological polar surface area (TPSA) is 29.5 Å². The Balaban J connectivity index is 2.02. The molecular weight excluding hydrogens is 236 g/mol. The maximum Gasteiger partial charge on any atom is 0.0673 e. The van der Waals surface area contributed by atoms with Gasteiger partial charge < -0.3 is 9.84 Å². The van der Waals surface area contributed by atoms with Gasteiger partial charge in [0.25, 0.3) is 0 Å². The highest BCUT2D eigenvalue weighted by molar-refractivity contribution is 5.17. The second kappa shape index (κ2) is 3.76. The maximum atomic E-state index is 10.8. The van der Waals surface area contributed by atoms with Crippen molar-refractivity contribution in [1.82, 2.24) is 0 Å². The molecule has 0 unspecified atom stereocenters. The van der Waals surface area contributed by atoms with E-state index in [2.05, 4.69) is 27.7 Å². The first-order valence-electron chi connectivity index (χ1n) is 7.92. The van der Waals surface area contributed by atoms with Gasteiger partial charge in [-0.1, -0.05) is 20.8 Å². The third-order valence-electron chi connectivity index (χ3n) is 7.36. The summed E-state index contributed by atoms with van der Waals surface area (Å²) < 4.78 is 5.92. The van der Waals surface area contributed by atoms with Crippen LogP contribution >= 0.6 is 0 Å². The van der Waals surface area contributed by atoms with Crippen LogP contribution in [0.2, 0.25) is 0 Å². The lowest BCUT2D eigenvalue weighted by Gasteiger charge is -2.61. The Kier molecular flexibility index (Phi) is 2.75. The highest BCUT2D eigenvalue weighted by atomic mass is 16.5. The Bertz CT molecular complexity index is 387. The van der Waals surface area contributed by atoms with Crippen molar-refractivity contribution in [1.29, 1.82) is 0 Å². The lowest BCUT2D eigenvalue weighted by molar-refractivity contribution is -0.193. The summed E-state index contributed by atoms with van der Waals surface area (Å²) in [4.78, 5) is 0. The molecule has 0 heterocycles. The zero-order chi connectivity index (χ0) is 14.1.